The summed E-state index contributed by atoms with van der Waals surface area (Å²) in [4.78, 5) is 99.0. The van der Waals surface area contributed by atoms with E-state index in [1.165, 1.54) is 40.6 Å². The van der Waals surface area contributed by atoms with Crippen LogP contribution in [0, 0.1) is 23.7 Å². The number of carbonyl (C=O) groups excluding carboxylic acids is 7. The lowest BCUT2D eigenvalue weighted by molar-refractivity contribution is -0.160. The van der Waals surface area contributed by atoms with Gasteiger partial charge in [-0.25, -0.2) is 14.6 Å². The summed E-state index contributed by atoms with van der Waals surface area (Å²) >= 11 is 2.52. The van der Waals surface area contributed by atoms with Gasteiger partial charge in [0.2, 0.25) is 0 Å². The first-order chi connectivity index (χ1) is 40.5. The second kappa shape index (κ2) is 30.7. The van der Waals surface area contributed by atoms with Crippen LogP contribution in [0.5, 0.6) is 11.5 Å². The van der Waals surface area contributed by atoms with Crippen LogP contribution in [0.4, 0.5) is 0 Å². The van der Waals surface area contributed by atoms with E-state index in [4.69, 9.17) is 42.9 Å². The molecule has 1 amide bonds. The van der Waals surface area contributed by atoms with Crippen LogP contribution in [0.15, 0.2) is 98.7 Å². The predicted molar refractivity (Wildman–Crippen MR) is 313 cm³/mol. The van der Waals surface area contributed by atoms with Gasteiger partial charge in [0.15, 0.2) is 17.2 Å². The van der Waals surface area contributed by atoms with Crippen molar-refractivity contribution in [2.45, 2.75) is 188 Å². The molecule has 4 saturated carbocycles. The highest BCUT2D eigenvalue weighted by Crippen LogP contribution is 2.62. The Labute approximate surface area is 494 Å². The molecule has 446 valence electrons. The summed E-state index contributed by atoms with van der Waals surface area (Å²) in [5, 5.41) is 1.13. The summed E-state index contributed by atoms with van der Waals surface area (Å²) in [5.74, 6) is -2.83. The Morgan fingerprint density at radius 3 is 1.33 bits per heavy atom. The van der Waals surface area contributed by atoms with E-state index in [1.54, 1.807) is 18.4 Å². The van der Waals surface area contributed by atoms with Gasteiger partial charge in [-0.15, -0.1) is 0 Å². The molecule has 0 saturated heterocycles. The lowest BCUT2D eigenvalue weighted by Gasteiger charge is -2.31. The van der Waals surface area contributed by atoms with Crippen LogP contribution in [0.25, 0.3) is 10.8 Å². The van der Waals surface area contributed by atoms with Gasteiger partial charge in [0, 0.05) is 42.3 Å². The van der Waals surface area contributed by atoms with Gasteiger partial charge in [-0.3, -0.25) is 28.9 Å². The minimum Gasteiger partial charge on any atom is -0.463 e. The number of ether oxygens (including phenoxy) is 8. The zero-order valence-corrected chi connectivity index (χ0v) is 49.1. The van der Waals surface area contributed by atoms with Crippen LogP contribution in [0.3, 0.4) is 0 Å². The van der Waals surface area contributed by atoms with Gasteiger partial charge in [0.05, 0.1) is 63.1 Å². The monoisotopic (exact) mass is 1180 g/mol. The zero-order valence-electron chi connectivity index (χ0n) is 47.4. The number of carbonyl (C=O) groups is 7. The topological polar surface area (TPSA) is 209 Å². The molecule has 0 N–H and O–H groups in total. The number of hydrogen-bond donors (Lipinski definition) is 0. The van der Waals surface area contributed by atoms with E-state index >= 15 is 0 Å². The minimum absolute atomic E-state index is 0.143. The van der Waals surface area contributed by atoms with E-state index in [0.717, 1.165) is 103 Å². The smallest absolute Gasteiger partial charge is 0.330 e. The van der Waals surface area contributed by atoms with Crippen LogP contribution < -0.4 is 9.47 Å². The second-order valence-corrected chi connectivity index (χ2v) is 24.8. The van der Waals surface area contributed by atoms with Gasteiger partial charge in [-0.2, -0.15) is 0 Å². The Bertz CT molecular complexity index is 2670. The fourth-order valence-corrected chi connectivity index (χ4v) is 14.5. The largest absolute Gasteiger partial charge is 0.463 e. The Morgan fingerprint density at radius 2 is 0.916 bits per heavy atom. The molecule has 3 aliphatic heterocycles. The fraction of sp³-hybridized carbons (Fsp3) is 0.562. The number of hydrogen-bond acceptors (Lipinski definition) is 18. The number of amidine groups is 1. The molecule has 4 fully saturated rings. The number of unbranched alkanes of at least 4 members (excludes halogenated alkanes) is 6. The first-order valence-electron chi connectivity index (χ1n) is 30.1. The van der Waals surface area contributed by atoms with Crippen LogP contribution in [-0.4, -0.2) is 103 Å². The molecule has 83 heavy (non-hydrogen) atoms. The lowest BCUT2D eigenvalue weighted by Crippen LogP contribution is -2.33. The molecule has 0 bridgehead atoms. The number of nitrogens with zero attached hydrogens (tertiary/aromatic N) is 2. The summed E-state index contributed by atoms with van der Waals surface area (Å²) < 4.78 is 47.8. The molecular formula is C64H78N2O15S2. The van der Waals surface area contributed by atoms with Crippen LogP contribution >= 0.6 is 23.5 Å². The van der Waals surface area contributed by atoms with Gasteiger partial charge in [0.1, 0.15) is 18.0 Å². The molecule has 0 spiro atoms. The zero-order chi connectivity index (χ0) is 58.1. The highest BCUT2D eigenvalue weighted by Gasteiger charge is 2.41. The number of rotatable bonds is 26. The number of amides is 1. The highest BCUT2D eigenvalue weighted by atomic mass is 32.2. The molecule has 7 aliphatic rings. The summed E-state index contributed by atoms with van der Waals surface area (Å²) in [7, 11) is 0. The van der Waals surface area contributed by atoms with Gasteiger partial charge in [-0.05, 0) is 153 Å². The third-order valence-corrected chi connectivity index (χ3v) is 19.3. The summed E-state index contributed by atoms with van der Waals surface area (Å²) in [6.07, 6.45) is 26.8. The minimum atomic E-state index is -0.466. The molecule has 3 heterocycles. The van der Waals surface area contributed by atoms with E-state index < -0.39 is 35.7 Å². The summed E-state index contributed by atoms with van der Waals surface area (Å²) in [5.41, 5.74) is 0.231. The standard InChI is InChI=1S/C64H78N2O15S2/c1-3-52(67)76-39-15-7-5-13-37-74-45-28-32-47(33-29-45)78-60(70)41-20-24-43(25-21-41)62(72)80-55-49-17-9-10-18-50(49)56(58-57(55)82-64(83-58)54-59(69)66-36-12-11-19-51(66)65-54)81-63(73)44-26-22-42(23-27-44)61(71)79-48-34-30-46(31-35-48)75-38-14-6-8-16-40-77-53(68)4-2/h3-4,9-12,17-19,36,41-48H,1-2,5-8,13-16,20-35,37-40H2. The van der Waals surface area contributed by atoms with E-state index in [0.29, 0.717) is 120 Å². The van der Waals surface area contributed by atoms with E-state index in [-0.39, 0.29) is 59.8 Å². The molecule has 0 atom stereocenters. The van der Waals surface area contributed by atoms with Crippen molar-refractivity contribution in [3.8, 4) is 11.5 Å². The Morgan fingerprint density at radius 1 is 0.518 bits per heavy atom. The first kappa shape index (κ1) is 61.5. The van der Waals surface area contributed by atoms with Crippen molar-refractivity contribution >= 4 is 81.9 Å². The maximum Gasteiger partial charge on any atom is 0.330 e. The van der Waals surface area contributed by atoms with Crippen molar-refractivity contribution in [1.29, 1.82) is 0 Å². The molecule has 0 unspecified atom stereocenters. The SMILES string of the molecule is C=CC(=O)OCCCCCCOC1CCC(OC(=O)C2CCC(C(=O)Oc3c4c(c(OC(=O)C5CCC(C(=O)OC6CCC(OCCCCCCOC(=O)C=C)CC6)CC5)c5ccccc35)SC(=C3N=C5C=CC=CN5C3=O)S4)CC2)CC1. The van der Waals surface area contributed by atoms with E-state index in [2.05, 4.69) is 13.2 Å². The number of allylic oxidation sites excluding steroid dienone is 2. The first-order valence-corrected chi connectivity index (χ1v) is 31.7. The third-order valence-electron chi connectivity index (χ3n) is 16.7. The summed E-state index contributed by atoms with van der Waals surface area (Å²) in [6, 6.07) is 7.34. The van der Waals surface area contributed by atoms with Gasteiger partial charge < -0.3 is 37.9 Å². The second-order valence-electron chi connectivity index (χ2n) is 22.5. The predicted octanol–water partition coefficient (Wildman–Crippen LogP) is 12.3. The quantitative estimate of drug-likeness (QED) is 0.0282. The molecule has 17 nitrogen and oxygen atoms in total. The van der Waals surface area contributed by atoms with Crippen molar-refractivity contribution in [2.75, 3.05) is 26.4 Å². The van der Waals surface area contributed by atoms with Gasteiger partial charge >= 0.3 is 35.8 Å². The Hall–Kier alpha value is -6.02. The molecule has 19 heteroatoms. The van der Waals surface area contributed by atoms with Gasteiger partial charge in [0.25, 0.3) is 5.91 Å². The van der Waals surface area contributed by atoms with Crippen molar-refractivity contribution in [3.05, 3.63) is 83.9 Å². The molecule has 9 rings (SSSR count). The molecule has 4 aliphatic carbocycles. The number of benzene rings is 2. The van der Waals surface area contributed by atoms with Crippen molar-refractivity contribution in [3.63, 3.8) is 0 Å². The normalized spacial score (nSPS) is 24.7. The molecule has 2 aromatic carbocycles. The van der Waals surface area contributed by atoms with Gasteiger partial charge in [-0.1, -0.05) is 79.9 Å². The van der Waals surface area contributed by atoms with Crippen molar-refractivity contribution in [1.82, 2.24) is 4.90 Å². The lowest BCUT2D eigenvalue weighted by atomic mass is 9.82. The Kier molecular flexibility index (Phi) is 22.8. The van der Waals surface area contributed by atoms with E-state index in [9.17, 15) is 33.6 Å². The van der Waals surface area contributed by atoms with Crippen LogP contribution in [0.2, 0.25) is 0 Å². The van der Waals surface area contributed by atoms with E-state index in [1.807, 2.05) is 30.3 Å². The summed E-state index contributed by atoms with van der Waals surface area (Å²) in [6.45, 7) is 8.95. The van der Waals surface area contributed by atoms with Crippen molar-refractivity contribution < 1.29 is 71.5 Å². The average Bonchev–Trinajstić information content (AvgIpc) is 2.39. The van der Waals surface area contributed by atoms with Crippen LogP contribution in [0.1, 0.15) is 154 Å². The molecule has 0 radical (unpaired) electrons. The molecule has 0 aromatic heterocycles. The third kappa shape index (κ3) is 16.7. The number of fused-ring (bicyclic) bond motifs is 3. The maximum absolute atomic E-state index is 14.3. The number of esters is 6. The Balaban J connectivity index is 0.765. The molecular weight excluding hydrogens is 1100 g/mol. The number of aliphatic imine (C=N–C) groups is 1. The maximum atomic E-state index is 14.3. The average molecular weight is 1180 g/mol. The van der Waals surface area contributed by atoms with Crippen LogP contribution in [-0.2, 0) is 62.0 Å². The molecule has 2 aromatic rings. The number of thioether (sulfide) groups is 2. The highest BCUT2D eigenvalue weighted by molar-refractivity contribution is 8.24. The van der Waals surface area contributed by atoms with Crippen molar-refractivity contribution in [2.24, 2.45) is 28.7 Å². The fourth-order valence-electron chi connectivity index (χ4n) is 11.9.